The first-order valence-electron chi connectivity index (χ1n) is 5.88. The van der Waals surface area contributed by atoms with Crippen LogP contribution < -0.4 is 5.73 Å². The third-order valence-corrected chi connectivity index (χ3v) is 2.86. The molecule has 19 heavy (non-hydrogen) atoms. The molecule has 0 amide bonds. The van der Waals surface area contributed by atoms with Gasteiger partial charge < -0.3 is 10.3 Å². The van der Waals surface area contributed by atoms with Crippen LogP contribution >= 0.6 is 0 Å². The molecule has 0 bridgehead atoms. The SMILES string of the molecule is CCn1cc(Cc2ccc(C(F)(F)F)cc2)nc1N. The lowest BCUT2D eigenvalue weighted by molar-refractivity contribution is -0.137. The summed E-state index contributed by atoms with van der Waals surface area (Å²) in [5.74, 6) is 0.421. The highest BCUT2D eigenvalue weighted by atomic mass is 19.4. The lowest BCUT2D eigenvalue weighted by atomic mass is 10.1. The molecule has 0 saturated carbocycles. The molecule has 0 aliphatic heterocycles. The lowest BCUT2D eigenvalue weighted by Gasteiger charge is -2.06. The first-order valence-corrected chi connectivity index (χ1v) is 5.88. The second kappa shape index (κ2) is 4.95. The highest BCUT2D eigenvalue weighted by Gasteiger charge is 2.29. The summed E-state index contributed by atoms with van der Waals surface area (Å²) in [6, 6.07) is 5.08. The van der Waals surface area contributed by atoms with Crippen molar-refractivity contribution >= 4 is 5.95 Å². The Morgan fingerprint density at radius 2 is 1.84 bits per heavy atom. The molecule has 1 heterocycles. The molecule has 0 radical (unpaired) electrons. The van der Waals surface area contributed by atoms with Gasteiger partial charge in [0.2, 0.25) is 0 Å². The van der Waals surface area contributed by atoms with Gasteiger partial charge in [-0.2, -0.15) is 13.2 Å². The molecule has 1 aromatic carbocycles. The molecule has 0 aliphatic carbocycles. The number of aromatic nitrogens is 2. The fourth-order valence-corrected chi connectivity index (χ4v) is 1.85. The van der Waals surface area contributed by atoms with Crippen LogP contribution in [0, 0.1) is 0 Å². The largest absolute Gasteiger partial charge is 0.416 e. The Labute approximate surface area is 108 Å². The zero-order chi connectivity index (χ0) is 14.0. The summed E-state index contributed by atoms with van der Waals surface area (Å²) in [5.41, 5.74) is 6.57. The Morgan fingerprint density at radius 1 is 1.21 bits per heavy atom. The first-order chi connectivity index (χ1) is 8.90. The number of nitrogens with zero attached hydrogens (tertiary/aromatic N) is 2. The molecule has 1 aromatic heterocycles. The summed E-state index contributed by atoms with van der Waals surface area (Å²) in [6.07, 6.45) is -2.02. The van der Waals surface area contributed by atoms with Crippen molar-refractivity contribution in [3.63, 3.8) is 0 Å². The maximum absolute atomic E-state index is 12.4. The van der Waals surface area contributed by atoms with Gasteiger partial charge in [-0.1, -0.05) is 12.1 Å². The summed E-state index contributed by atoms with van der Waals surface area (Å²) in [5, 5.41) is 0. The van der Waals surface area contributed by atoms with Crippen LogP contribution in [0.3, 0.4) is 0 Å². The fourth-order valence-electron chi connectivity index (χ4n) is 1.85. The van der Waals surface area contributed by atoms with E-state index in [9.17, 15) is 13.2 Å². The van der Waals surface area contributed by atoms with Gasteiger partial charge in [-0.05, 0) is 24.6 Å². The lowest BCUT2D eigenvalue weighted by Crippen LogP contribution is -2.04. The molecule has 6 heteroatoms. The molecule has 0 fully saturated rings. The molecule has 2 N–H and O–H groups in total. The topological polar surface area (TPSA) is 43.8 Å². The van der Waals surface area contributed by atoms with Gasteiger partial charge in [0.05, 0.1) is 11.3 Å². The summed E-state index contributed by atoms with van der Waals surface area (Å²) in [7, 11) is 0. The van der Waals surface area contributed by atoms with Gasteiger partial charge in [-0.25, -0.2) is 4.98 Å². The van der Waals surface area contributed by atoms with Crippen LogP contribution in [0.4, 0.5) is 19.1 Å². The highest BCUT2D eigenvalue weighted by molar-refractivity contribution is 5.30. The van der Waals surface area contributed by atoms with Crippen molar-refractivity contribution in [1.29, 1.82) is 0 Å². The second-order valence-electron chi connectivity index (χ2n) is 4.25. The minimum atomic E-state index is -4.30. The number of benzene rings is 1. The number of hydrogen-bond acceptors (Lipinski definition) is 2. The number of hydrogen-bond donors (Lipinski definition) is 1. The van der Waals surface area contributed by atoms with Crippen LogP contribution in [0.25, 0.3) is 0 Å². The van der Waals surface area contributed by atoms with E-state index in [1.54, 1.807) is 4.57 Å². The van der Waals surface area contributed by atoms with Crippen LogP contribution in [-0.2, 0) is 19.1 Å². The van der Waals surface area contributed by atoms with Crippen molar-refractivity contribution in [3.8, 4) is 0 Å². The van der Waals surface area contributed by atoms with Crippen LogP contribution in [0.1, 0.15) is 23.7 Å². The van der Waals surface area contributed by atoms with Crippen molar-refractivity contribution in [3.05, 3.63) is 47.3 Å². The number of imidazole rings is 1. The predicted molar refractivity (Wildman–Crippen MR) is 66.6 cm³/mol. The summed E-state index contributed by atoms with van der Waals surface area (Å²) < 4.78 is 39.0. The Hall–Kier alpha value is -1.98. The quantitative estimate of drug-likeness (QED) is 0.930. The van der Waals surface area contributed by atoms with Gasteiger partial charge in [0, 0.05) is 19.2 Å². The van der Waals surface area contributed by atoms with Crippen LogP contribution in [0.15, 0.2) is 30.5 Å². The van der Waals surface area contributed by atoms with Gasteiger partial charge in [-0.15, -0.1) is 0 Å². The molecule has 2 rings (SSSR count). The van der Waals surface area contributed by atoms with Crippen LogP contribution in [0.5, 0.6) is 0 Å². The Kier molecular flexibility index (Phi) is 3.50. The number of alkyl halides is 3. The number of anilines is 1. The average molecular weight is 269 g/mol. The van der Waals surface area contributed by atoms with E-state index in [2.05, 4.69) is 4.98 Å². The standard InChI is InChI=1S/C13H14F3N3/c1-2-19-8-11(18-12(19)17)7-9-3-5-10(6-4-9)13(14,15)16/h3-6,8H,2,7H2,1H3,(H2,17,18). The molecule has 3 nitrogen and oxygen atoms in total. The van der Waals surface area contributed by atoms with E-state index < -0.39 is 11.7 Å². The maximum Gasteiger partial charge on any atom is 0.416 e. The number of nitrogens with two attached hydrogens (primary N) is 1. The highest BCUT2D eigenvalue weighted by Crippen LogP contribution is 2.29. The zero-order valence-electron chi connectivity index (χ0n) is 10.4. The maximum atomic E-state index is 12.4. The number of halogens is 3. The molecule has 0 saturated heterocycles. The Balaban J connectivity index is 2.15. The van der Waals surface area contributed by atoms with Crippen molar-refractivity contribution in [2.45, 2.75) is 26.1 Å². The number of nitrogen functional groups attached to an aromatic ring is 1. The fraction of sp³-hybridized carbons (Fsp3) is 0.308. The molecule has 102 valence electrons. The first kappa shape index (κ1) is 13.5. The minimum Gasteiger partial charge on any atom is -0.369 e. The third kappa shape index (κ3) is 3.07. The normalized spacial score (nSPS) is 11.8. The smallest absolute Gasteiger partial charge is 0.369 e. The monoisotopic (exact) mass is 269 g/mol. The zero-order valence-corrected chi connectivity index (χ0v) is 10.4. The third-order valence-electron chi connectivity index (χ3n) is 2.86. The van der Waals surface area contributed by atoms with Gasteiger partial charge in [0.15, 0.2) is 5.95 Å². The van der Waals surface area contributed by atoms with E-state index in [1.807, 2.05) is 13.1 Å². The Bertz CT molecular complexity index is 556. The van der Waals surface area contributed by atoms with E-state index in [0.717, 1.165) is 23.4 Å². The molecule has 0 atom stereocenters. The van der Waals surface area contributed by atoms with Crippen LogP contribution in [0.2, 0.25) is 0 Å². The van der Waals surface area contributed by atoms with Crippen molar-refractivity contribution in [2.24, 2.45) is 0 Å². The summed E-state index contributed by atoms with van der Waals surface area (Å²) in [4.78, 5) is 4.17. The molecular formula is C13H14F3N3. The van der Waals surface area contributed by atoms with E-state index in [-0.39, 0.29) is 0 Å². The summed E-state index contributed by atoms with van der Waals surface area (Å²) in [6.45, 7) is 2.66. The molecule has 2 aromatic rings. The van der Waals surface area contributed by atoms with Gasteiger partial charge in [0.1, 0.15) is 0 Å². The van der Waals surface area contributed by atoms with Gasteiger partial charge in [-0.3, -0.25) is 0 Å². The molecular weight excluding hydrogens is 255 g/mol. The van der Waals surface area contributed by atoms with E-state index >= 15 is 0 Å². The molecule has 0 spiro atoms. The second-order valence-corrected chi connectivity index (χ2v) is 4.25. The van der Waals surface area contributed by atoms with E-state index in [0.29, 0.717) is 18.9 Å². The van der Waals surface area contributed by atoms with Crippen LogP contribution in [-0.4, -0.2) is 9.55 Å². The van der Waals surface area contributed by atoms with Crippen molar-refractivity contribution < 1.29 is 13.2 Å². The van der Waals surface area contributed by atoms with E-state index in [1.165, 1.54) is 12.1 Å². The van der Waals surface area contributed by atoms with Crippen molar-refractivity contribution in [1.82, 2.24) is 9.55 Å². The Morgan fingerprint density at radius 3 is 2.32 bits per heavy atom. The molecule has 0 unspecified atom stereocenters. The van der Waals surface area contributed by atoms with Gasteiger partial charge in [0.25, 0.3) is 0 Å². The van der Waals surface area contributed by atoms with Gasteiger partial charge >= 0.3 is 6.18 Å². The summed E-state index contributed by atoms with van der Waals surface area (Å²) >= 11 is 0. The number of rotatable bonds is 3. The van der Waals surface area contributed by atoms with Crippen molar-refractivity contribution in [2.75, 3.05) is 5.73 Å². The molecule has 0 aliphatic rings. The van der Waals surface area contributed by atoms with E-state index in [4.69, 9.17) is 5.73 Å². The minimum absolute atomic E-state index is 0.421. The number of aryl methyl sites for hydroxylation is 1. The predicted octanol–water partition coefficient (Wildman–Crippen LogP) is 3.09. The average Bonchev–Trinajstić information content (AvgIpc) is 2.69.